The summed E-state index contributed by atoms with van der Waals surface area (Å²) in [7, 11) is 1.97. The number of thiophene rings is 1. The van der Waals surface area contributed by atoms with Gasteiger partial charge in [0.2, 0.25) is 0 Å². The standard InChI is InChI=1S/C15H17ClN2OS2/c1-18(8-12-6-7-14(16)21-12)9-13(19)10-2-4-11(5-3-10)15(17)20/h2-7,13,19H,8-9H2,1H3,(H2,17,20). The van der Waals surface area contributed by atoms with Crippen molar-refractivity contribution in [3.05, 3.63) is 56.7 Å². The first-order valence-corrected chi connectivity index (χ1v) is 8.06. The van der Waals surface area contributed by atoms with Gasteiger partial charge in [-0.25, -0.2) is 0 Å². The highest BCUT2D eigenvalue weighted by atomic mass is 35.5. The molecule has 0 amide bonds. The lowest BCUT2D eigenvalue weighted by Gasteiger charge is -2.20. The molecule has 3 N–H and O–H groups in total. The highest BCUT2D eigenvalue weighted by Gasteiger charge is 2.12. The van der Waals surface area contributed by atoms with E-state index in [4.69, 9.17) is 29.6 Å². The van der Waals surface area contributed by atoms with Gasteiger partial charge < -0.3 is 10.8 Å². The first-order chi connectivity index (χ1) is 9.95. The number of nitrogens with zero attached hydrogens (tertiary/aromatic N) is 1. The number of hydrogen-bond acceptors (Lipinski definition) is 4. The molecule has 0 saturated carbocycles. The molecule has 1 aromatic carbocycles. The molecule has 0 aliphatic heterocycles. The Morgan fingerprint density at radius 1 is 1.33 bits per heavy atom. The Labute approximate surface area is 139 Å². The van der Waals surface area contributed by atoms with Crippen molar-refractivity contribution in [2.75, 3.05) is 13.6 Å². The molecule has 112 valence electrons. The van der Waals surface area contributed by atoms with Crippen LogP contribution < -0.4 is 5.73 Å². The average molecular weight is 341 g/mol. The van der Waals surface area contributed by atoms with Gasteiger partial charge in [-0.1, -0.05) is 48.1 Å². The van der Waals surface area contributed by atoms with E-state index in [1.807, 2.05) is 43.4 Å². The first kappa shape index (κ1) is 16.4. The summed E-state index contributed by atoms with van der Waals surface area (Å²) in [5, 5.41) is 10.3. The topological polar surface area (TPSA) is 49.5 Å². The molecule has 0 saturated heterocycles. The number of likely N-dealkylation sites (N-methyl/N-ethyl adjacent to an activating group) is 1. The van der Waals surface area contributed by atoms with Crippen LogP contribution in [-0.2, 0) is 6.54 Å². The van der Waals surface area contributed by atoms with Gasteiger partial charge in [0.25, 0.3) is 0 Å². The molecule has 0 spiro atoms. The molecule has 3 nitrogen and oxygen atoms in total. The van der Waals surface area contributed by atoms with E-state index in [0.29, 0.717) is 11.5 Å². The summed E-state index contributed by atoms with van der Waals surface area (Å²) in [6.07, 6.45) is -0.550. The summed E-state index contributed by atoms with van der Waals surface area (Å²) < 4.78 is 0.785. The third-order valence-electron chi connectivity index (χ3n) is 3.12. The SMILES string of the molecule is CN(Cc1ccc(Cl)s1)CC(O)c1ccc(C(N)=S)cc1. The molecule has 0 aliphatic rings. The predicted molar refractivity (Wildman–Crippen MR) is 93.0 cm³/mol. The molecule has 1 atom stereocenters. The summed E-state index contributed by atoms with van der Waals surface area (Å²) in [5.74, 6) is 0. The van der Waals surface area contributed by atoms with Crippen molar-refractivity contribution < 1.29 is 5.11 Å². The van der Waals surface area contributed by atoms with Crippen LogP contribution in [0.1, 0.15) is 22.1 Å². The molecular weight excluding hydrogens is 324 g/mol. The first-order valence-electron chi connectivity index (χ1n) is 6.46. The van der Waals surface area contributed by atoms with Crippen molar-refractivity contribution in [2.45, 2.75) is 12.6 Å². The summed E-state index contributed by atoms with van der Waals surface area (Å²) >= 11 is 12.4. The van der Waals surface area contributed by atoms with E-state index in [1.165, 1.54) is 4.88 Å². The van der Waals surface area contributed by atoms with E-state index < -0.39 is 6.10 Å². The van der Waals surface area contributed by atoms with Crippen LogP contribution in [-0.4, -0.2) is 28.6 Å². The maximum Gasteiger partial charge on any atom is 0.103 e. The summed E-state index contributed by atoms with van der Waals surface area (Å²) in [5.41, 5.74) is 7.22. The summed E-state index contributed by atoms with van der Waals surface area (Å²) in [4.78, 5) is 3.61. The molecule has 2 rings (SSSR count). The van der Waals surface area contributed by atoms with Gasteiger partial charge in [-0.3, -0.25) is 4.90 Å². The molecule has 1 unspecified atom stereocenters. The van der Waals surface area contributed by atoms with Gasteiger partial charge in [0.15, 0.2) is 0 Å². The van der Waals surface area contributed by atoms with Gasteiger partial charge in [0, 0.05) is 23.5 Å². The van der Waals surface area contributed by atoms with Crippen molar-refractivity contribution in [3.8, 4) is 0 Å². The largest absolute Gasteiger partial charge is 0.389 e. The van der Waals surface area contributed by atoms with E-state index >= 15 is 0 Å². The zero-order chi connectivity index (χ0) is 15.4. The predicted octanol–water partition coefficient (Wildman–Crippen LogP) is 3.20. The number of aliphatic hydroxyl groups is 1. The summed E-state index contributed by atoms with van der Waals surface area (Å²) in [6.45, 7) is 1.31. The van der Waals surface area contributed by atoms with Crippen LogP contribution >= 0.6 is 35.2 Å². The molecule has 0 fully saturated rings. The zero-order valence-electron chi connectivity index (χ0n) is 11.6. The van der Waals surface area contributed by atoms with Crippen molar-refractivity contribution in [3.63, 3.8) is 0 Å². The minimum atomic E-state index is -0.550. The molecule has 0 bridgehead atoms. The molecule has 1 heterocycles. The van der Waals surface area contributed by atoms with Crippen LogP contribution in [0.5, 0.6) is 0 Å². The van der Waals surface area contributed by atoms with E-state index in [1.54, 1.807) is 11.3 Å². The van der Waals surface area contributed by atoms with E-state index in [-0.39, 0.29) is 0 Å². The van der Waals surface area contributed by atoms with Crippen molar-refractivity contribution in [2.24, 2.45) is 5.73 Å². The molecule has 6 heteroatoms. The zero-order valence-corrected chi connectivity index (χ0v) is 14.0. The Kier molecular flexibility index (Phi) is 5.72. The summed E-state index contributed by atoms with van der Waals surface area (Å²) in [6, 6.07) is 11.3. The molecule has 0 radical (unpaired) electrons. The van der Waals surface area contributed by atoms with Crippen LogP contribution in [0.3, 0.4) is 0 Å². The van der Waals surface area contributed by atoms with Crippen LogP contribution in [0.4, 0.5) is 0 Å². The van der Waals surface area contributed by atoms with Crippen molar-refractivity contribution in [1.29, 1.82) is 0 Å². The minimum absolute atomic E-state index is 0.364. The number of aliphatic hydroxyl groups excluding tert-OH is 1. The Bertz CT molecular complexity index is 612. The number of benzene rings is 1. The Hall–Kier alpha value is -0.980. The van der Waals surface area contributed by atoms with Gasteiger partial charge >= 0.3 is 0 Å². The fraction of sp³-hybridized carbons (Fsp3) is 0.267. The highest BCUT2D eigenvalue weighted by molar-refractivity contribution is 7.80. The number of thiocarbonyl (C=S) groups is 1. The average Bonchev–Trinajstić information content (AvgIpc) is 2.83. The van der Waals surface area contributed by atoms with Crippen LogP contribution in [0.25, 0.3) is 0 Å². The Balaban J connectivity index is 1.93. The van der Waals surface area contributed by atoms with Crippen molar-refractivity contribution >= 4 is 40.1 Å². The smallest absolute Gasteiger partial charge is 0.103 e. The maximum absolute atomic E-state index is 10.3. The lowest BCUT2D eigenvalue weighted by Crippen LogP contribution is -2.23. The highest BCUT2D eigenvalue weighted by Crippen LogP contribution is 2.23. The fourth-order valence-corrected chi connectivity index (χ4v) is 3.34. The van der Waals surface area contributed by atoms with Gasteiger partial charge in [-0.2, -0.15) is 0 Å². The Morgan fingerprint density at radius 2 is 2.00 bits per heavy atom. The van der Waals surface area contributed by atoms with Gasteiger partial charge in [0.1, 0.15) is 4.99 Å². The van der Waals surface area contributed by atoms with Gasteiger partial charge in [0.05, 0.1) is 10.4 Å². The van der Waals surface area contributed by atoms with E-state index in [9.17, 15) is 5.11 Å². The molecule has 2 aromatic rings. The van der Waals surface area contributed by atoms with Gasteiger partial charge in [-0.05, 0) is 24.7 Å². The number of nitrogens with two attached hydrogens (primary N) is 1. The second-order valence-electron chi connectivity index (χ2n) is 4.90. The van der Waals surface area contributed by atoms with Crippen LogP contribution in [0.2, 0.25) is 4.34 Å². The quantitative estimate of drug-likeness (QED) is 0.793. The Morgan fingerprint density at radius 3 is 2.52 bits per heavy atom. The molecular formula is C15H17ClN2OS2. The number of rotatable bonds is 6. The minimum Gasteiger partial charge on any atom is -0.389 e. The van der Waals surface area contributed by atoms with E-state index in [0.717, 1.165) is 22.0 Å². The number of hydrogen-bond donors (Lipinski definition) is 2. The normalized spacial score (nSPS) is 12.6. The third kappa shape index (κ3) is 4.76. The lowest BCUT2D eigenvalue weighted by molar-refractivity contribution is 0.124. The van der Waals surface area contributed by atoms with E-state index in [2.05, 4.69) is 4.90 Å². The maximum atomic E-state index is 10.3. The second kappa shape index (κ2) is 7.33. The second-order valence-corrected chi connectivity index (χ2v) is 7.14. The van der Waals surface area contributed by atoms with Crippen LogP contribution in [0, 0.1) is 0 Å². The lowest BCUT2D eigenvalue weighted by atomic mass is 10.1. The molecule has 21 heavy (non-hydrogen) atoms. The third-order valence-corrected chi connectivity index (χ3v) is 4.57. The number of halogens is 1. The molecule has 1 aromatic heterocycles. The fourth-order valence-electron chi connectivity index (χ4n) is 2.04. The monoisotopic (exact) mass is 340 g/mol. The van der Waals surface area contributed by atoms with Crippen LogP contribution in [0.15, 0.2) is 36.4 Å². The molecule has 0 aliphatic carbocycles. The van der Waals surface area contributed by atoms with Gasteiger partial charge in [-0.15, -0.1) is 11.3 Å². The van der Waals surface area contributed by atoms with Crippen molar-refractivity contribution in [1.82, 2.24) is 4.90 Å².